The van der Waals surface area contributed by atoms with Gasteiger partial charge in [0.15, 0.2) is 0 Å². The third kappa shape index (κ3) is 3.82. The lowest BCUT2D eigenvalue weighted by Gasteiger charge is -2.11. The minimum Gasteiger partial charge on any atom is -0.349 e. The van der Waals surface area contributed by atoms with Crippen LogP contribution in [0.25, 0.3) is 0 Å². The molecular formula is C16H17BrN4O. The molecule has 0 aliphatic heterocycles. The molecule has 3 rings (SSSR count). The first-order chi connectivity index (χ1) is 10.7. The van der Waals surface area contributed by atoms with Gasteiger partial charge in [0, 0.05) is 28.6 Å². The van der Waals surface area contributed by atoms with Crippen LogP contribution in [0.2, 0.25) is 0 Å². The Kier molecular flexibility index (Phi) is 4.68. The molecule has 1 fully saturated rings. The first kappa shape index (κ1) is 15.0. The molecule has 0 spiro atoms. The van der Waals surface area contributed by atoms with Crippen LogP contribution in [0, 0.1) is 0 Å². The van der Waals surface area contributed by atoms with E-state index in [1.807, 2.05) is 24.3 Å². The van der Waals surface area contributed by atoms with Crippen molar-refractivity contribution in [2.45, 2.75) is 31.7 Å². The Morgan fingerprint density at radius 3 is 2.36 bits per heavy atom. The van der Waals surface area contributed by atoms with E-state index < -0.39 is 0 Å². The van der Waals surface area contributed by atoms with Crippen LogP contribution in [-0.4, -0.2) is 21.9 Å². The van der Waals surface area contributed by atoms with Crippen molar-refractivity contribution in [1.82, 2.24) is 15.3 Å². The number of carbonyl (C=O) groups excluding carboxylic acids is 1. The van der Waals surface area contributed by atoms with Crippen LogP contribution in [0.4, 0.5) is 11.6 Å². The molecule has 0 saturated heterocycles. The summed E-state index contributed by atoms with van der Waals surface area (Å²) in [5.41, 5.74) is 1.39. The first-order valence-corrected chi connectivity index (χ1v) is 8.15. The minimum atomic E-state index is -0.0953. The maximum Gasteiger partial charge on any atom is 0.254 e. The Labute approximate surface area is 137 Å². The van der Waals surface area contributed by atoms with Crippen molar-refractivity contribution in [3.8, 4) is 0 Å². The van der Waals surface area contributed by atoms with Crippen molar-refractivity contribution in [2.24, 2.45) is 0 Å². The summed E-state index contributed by atoms with van der Waals surface area (Å²) < 4.78 is 1.01. The van der Waals surface area contributed by atoms with Crippen LogP contribution < -0.4 is 10.6 Å². The van der Waals surface area contributed by atoms with E-state index >= 15 is 0 Å². The highest BCUT2D eigenvalue weighted by molar-refractivity contribution is 9.10. The van der Waals surface area contributed by atoms with E-state index in [-0.39, 0.29) is 5.91 Å². The summed E-state index contributed by atoms with van der Waals surface area (Å²) in [6.07, 6.45) is 7.62. The number of nitrogens with zero attached hydrogens (tertiary/aromatic N) is 2. The molecule has 0 atom stereocenters. The SMILES string of the molecule is O=C(NC1CCCC1)c1cnc(Nc2ccc(Br)cc2)nc1. The van der Waals surface area contributed by atoms with Crippen molar-refractivity contribution in [3.05, 3.63) is 46.7 Å². The van der Waals surface area contributed by atoms with Gasteiger partial charge < -0.3 is 10.6 Å². The molecule has 0 unspecified atom stereocenters. The average molecular weight is 361 g/mol. The number of rotatable bonds is 4. The molecule has 0 radical (unpaired) electrons. The summed E-state index contributed by atoms with van der Waals surface area (Å²) in [6, 6.07) is 8.02. The highest BCUT2D eigenvalue weighted by Gasteiger charge is 2.18. The molecule has 22 heavy (non-hydrogen) atoms. The number of aromatic nitrogens is 2. The van der Waals surface area contributed by atoms with E-state index in [0.29, 0.717) is 17.6 Å². The van der Waals surface area contributed by atoms with Gasteiger partial charge in [-0.15, -0.1) is 0 Å². The Hall–Kier alpha value is -1.95. The summed E-state index contributed by atoms with van der Waals surface area (Å²) in [7, 11) is 0. The number of benzene rings is 1. The maximum atomic E-state index is 12.1. The van der Waals surface area contributed by atoms with Crippen molar-refractivity contribution in [3.63, 3.8) is 0 Å². The van der Waals surface area contributed by atoms with Gasteiger partial charge in [-0.1, -0.05) is 28.8 Å². The largest absolute Gasteiger partial charge is 0.349 e. The smallest absolute Gasteiger partial charge is 0.254 e. The zero-order valence-corrected chi connectivity index (χ0v) is 13.6. The van der Waals surface area contributed by atoms with Crippen LogP contribution in [-0.2, 0) is 0 Å². The molecule has 1 aromatic heterocycles. The van der Waals surface area contributed by atoms with Crippen LogP contribution in [0.1, 0.15) is 36.0 Å². The fourth-order valence-electron chi connectivity index (χ4n) is 2.51. The van der Waals surface area contributed by atoms with Crippen molar-refractivity contribution in [1.29, 1.82) is 0 Å². The molecule has 5 nitrogen and oxygen atoms in total. The molecule has 1 amide bonds. The first-order valence-electron chi connectivity index (χ1n) is 7.36. The van der Waals surface area contributed by atoms with Crippen molar-refractivity contribution >= 4 is 33.5 Å². The van der Waals surface area contributed by atoms with Gasteiger partial charge >= 0.3 is 0 Å². The van der Waals surface area contributed by atoms with Gasteiger partial charge in [-0.05, 0) is 37.1 Å². The number of amides is 1. The quantitative estimate of drug-likeness (QED) is 0.872. The Morgan fingerprint density at radius 2 is 1.73 bits per heavy atom. The molecule has 1 aliphatic carbocycles. The van der Waals surface area contributed by atoms with E-state index in [2.05, 4.69) is 36.5 Å². The lowest BCUT2D eigenvalue weighted by molar-refractivity contribution is 0.0937. The van der Waals surface area contributed by atoms with Gasteiger partial charge in [-0.25, -0.2) is 9.97 Å². The predicted octanol–water partition coefficient (Wildman–Crippen LogP) is 3.66. The van der Waals surface area contributed by atoms with E-state index in [1.54, 1.807) is 12.4 Å². The molecule has 2 aromatic rings. The van der Waals surface area contributed by atoms with Crippen LogP contribution >= 0.6 is 15.9 Å². The van der Waals surface area contributed by atoms with Gasteiger partial charge in [0.05, 0.1) is 5.56 Å². The highest BCUT2D eigenvalue weighted by Crippen LogP contribution is 2.19. The number of anilines is 2. The molecule has 114 valence electrons. The second kappa shape index (κ2) is 6.87. The normalized spacial score (nSPS) is 14.8. The summed E-state index contributed by atoms with van der Waals surface area (Å²) in [5, 5.41) is 6.12. The number of hydrogen-bond donors (Lipinski definition) is 2. The summed E-state index contributed by atoms with van der Waals surface area (Å²) in [6.45, 7) is 0. The van der Waals surface area contributed by atoms with E-state index in [9.17, 15) is 4.79 Å². The number of carbonyl (C=O) groups is 1. The Bertz CT molecular complexity index is 636. The topological polar surface area (TPSA) is 66.9 Å². The Morgan fingerprint density at radius 1 is 1.09 bits per heavy atom. The molecule has 0 bridgehead atoms. The lowest BCUT2D eigenvalue weighted by Crippen LogP contribution is -2.32. The fourth-order valence-corrected chi connectivity index (χ4v) is 2.78. The number of hydrogen-bond acceptors (Lipinski definition) is 4. The summed E-state index contributed by atoms with van der Waals surface area (Å²) >= 11 is 3.39. The monoisotopic (exact) mass is 360 g/mol. The maximum absolute atomic E-state index is 12.1. The fraction of sp³-hybridized carbons (Fsp3) is 0.312. The molecule has 1 aromatic carbocycles. The number of halogens is 1. The van der Waals surface area contributed by atoms with E-state index in [1.165, 1.54) is 12.8 Å². The van der Waals surface area contributed by atoms with Crippen LogP contribution in [0.15, 0.2) is 41.1 Å². The third-order valence-corrected chi connectivity index (χ3v) is 4.23. The van der Waals surface area contributed by atoms with Crippen molar-refractivity contribution in [2.75, 3.05) is 5.32 Å². The minimum absolute atomic E-state index is 0.0953. The van der Waals surface area contributed by atoms with Crippen molar-refractivity contribution < 1.29 is 4.79 Å². The second-order valence-electron chi connectivity index (χ2n) is 5.38. The van der Waals surface area contributed by atoms with Gasteiger partial charge in [-0.2, -0.15) is 0 Å². The standard InChI is InChI=1S/C16H17BrN4O/c17-12-5-7-14(8-6-12)21-16-18-9-11(10-19-16)15(22)20-13-3-1-2-4-13/h5-10,13H,1-4H2,(H,20,22)(H,18,19,21). The molecule has 1 saturated carbocycles. The molecule has 1 heterocycles. The average Bonchev–Trinajstić information content (AvgIpc) is 3.03. The van der Waals surface area contributed by atoms with Gasteiger partial charge in [-0.3, -0.25) is 4.79 Å². The van der Waals surface area contributed by atoms with E-state index in [4.69, 9.17) is 0 Å². The molecule has 2 N–H and O–H groups in total. The van der Waals surface area contributed by atoms with Gasteiger partial charge in [0.1, 0.15) is 0 Å². The van der Waals surface area contributed by atoms with Crippen LogP contribution in [0.5, 0.6) is 0 Å². The second-order valence-corrected chi connectivity index (χ2v) is 6.30. The zero-order valence-electron chi connectivity index (χ0n) is 12.1. The summed E-state index contributed by atoms with van der Waals surface area (Å²) in [5.74, 6) is 0.377. The molecule has 1 aliphatic rings. The Balaban J connectivity index is 1.61. The molecular weight excluding hydrogens is 344 g/mol. The molecule has 6 heteroatoms. The third-order valence-electron chi connectivity index (χ3n) is 3.70. The predicted molar refractivity (Wildman–Crippen MR) is 89.2 cm³/mol. The van der Waals surface area contributed by atoms with Gasteiger partial charge in [0.25, 0.3) is 5.91 Å². The lowest BCUT2D eigenvalue weighted by atomic mass is 10.2. The van der Waals surface area contributed by atoms with Gasteiger partial charge in [0.2, 0.25) is 5.95 Å². The zero-order chi connectivity index (χ0) is 15.4. The number of nitrogens with one attached hydrogen (secondary N) is 2. The van der Waals surface area contributed by atoms with Crippen LogP contribution in [0.3, 0.4) is 0 Å². The summed E-state index contributed by atoms with van der Waals surface area (Å²) in [4.78, 5) is 20.5. The highest BCUT2D eigenvalue weighted by atomic mass is 79.9. The van der Waals surface area contributed by atoms with E-state index in [0.717, 1.165) is 23.0 Å².